The van der Waals surface area contributed by atoms with Gasteiger partial charge in [0.15, 0.2) is 11.6 Å². The Balaban J connectivity index is 1.40. The quantitative estimate of drug-likeness (QED) is 0.400. The Morgan fingerprint density at radius 3 is 2.61 bits per heavy atom. The van der Waals surface area contributed by atoms with Gasteiger partial charge in [-0.1, -0.05) is 30.4 Å². The van der Waals surface area contributed by atoms with E-state index in [1.807, 2.05) is 31.2 Å². The van der Waals surface area contributed by atoms with E-state index in [1.54, 1.807) is 30.3 Å². The van der Waals surface area contributed by atoms with Crippen molar-refractivity contribution in [2.24, 2.45) is 0 Å². The summed E-state index contributed by atoms with van der Waals surface area (Å²) in [5.74, 6) is -1.52. The highest BCUT2D eigenvalue weighted by atomic mass is 19.2. The Morgan fingerprint density at radius 1 is 1.12 bits per heavy atom. The van der Waals surface area contributed by atoms with Gasteiger partial charge in [0.1, 0.15) is 11.5 Å². The first-order valence-corrected chi connectivity index (χ1v) is 13.4. The number of methoxy groups -OCH3 is 2. The van der Waals surface area contributed by atoms with Crippen LogP contribution in [0.2, 0.25) is 0 Å². The largest absolute Gasteiger partial charge is 0.467 e. The molecule has 0 radical (unpaired) electrons. The molecule has 3 heterocycles. The number of nitrogens with one attached hydrogen (secondary N) is 2. The molecule has 1 aliphatic heterocycles. The molecule has 12 heteroatoms. The first kappa shape index (κ1) is 28.4. The van der Waals surface area contributed by atoms with Crippen LogP contribution in [0, 0.1) is 18.6 Å². The summed E-state index contributed by atoms with van der Waals surface area (Å²) in [5.41, 5.74) is 2.69. The fourth-order valence-electron chi connectivity index (χ4n) is 5.30. The molecule has 0 spiro atoms. The molecule has 1 saturated heterocycles. The van der Waals surface area contributed by atoms with Gasteiger partial charge in [0, 0.05) is 56.2 Å². The van der Waals surface area contributed by atoms with Crippen LogP contribution in [0.3, 0.4) is 0 Å². The molecule has 3 aromatic rings. The summed E-state index contributed by atoms with van der Waals surface area (Å²) >= 11 is 0. The van der Waals surface area contributed by atoms with Crippen molar-refractivity contribution in [1.82, 2.24) is 30.0 Å². The Hall–Kier alpha value is -4.16. The summed E-state index contributed by atoms with van der Waals surface area (Å²) in [6.45, 7) is 4.15. The molecule has 5 rings (SSSR count). The fourth-order valence-corrected chi connectivity index (χ4v) is 5.30. The van der Waals surface area contributed by atoms with Crippen molar-refractivity contribution in [1.29, 1.82) is 0 Å². The minimum atomic E-state index is -0.912. The van der Waals surface area contributed by atoms with Crippen molar-refractivity contribution in [2.75, 3.05) is 45.8 Å². The van der Waals surface area contributed by atoms with Gasteiger partial charge in [0.2, 0.25) is 0 Å². The highest BCUT2D eigenvalue weighted by Crippen LogP contribution is 2.33. The predicted octanol–water partition coefficient (Wildman–Crippen LogP) is 4.23. The van der Waals surface area contributed by atoms with Gasteiger partial charge in [0.25, 0.3) is 0 Å². The Kier molecular flexibility index (Phi) is 8.70. The number of aromatic nitrogens is 4. The van der Waals surface area contributed by atoms with E-state index in [-0.39, 0.29) is 24.0 Å². The number of halogens is 2. The number of amides is 2. The number of benzene rings is 1. The fraction of sp³-hybridized carbons (Fsp3) is 0.379. The molecule has 1 fully saturated rings. The lowest BCUT2D eigenvalue weighted by Gasteiger charge is -2.22. The normalized spacial score (nSPS) is 20.4. The third-order valence-corrected chi connectivity index (χ3v) is 7.43. The van der Waals surface area contributed by atoms with E-state index < -0.39 is 17.7 Å². The average molecular weight is 566 g/mol. The SMILES string of the molecule is COCCN1C[C@@H](NC(=O)Nc2c(C)c(-c3cnc(OC)nc3)nn2C2C=CC=CC2)[C@H](c2ccc(F)c(F)c2)C1. The van der Waals surface area contributed by atoms with Crippen LogP contribution < -0.4 is 15.4 Å². The molecule has 0 saturated carbocycles. The van der Waals surface area contributed by atoms with Crippen LogP contribution in [0.1, 0.15) is 29.5 Å². The molecule has 1 aromatic carbocycles. The minimum Gasteiger partial charge on any atom is -0.467 e. The Labute approximate surface area is 237 Å². The monoisotopic (exact) mass is 565 g/mol. The van der Waals surface area contributed by atoms with Crippen molar-refractivity contribution in [3.63, 3.8) is 0 Å². The third-order valence-electron chi connectivity index (χ3n) is 7.43. The van der Waals surface area contributed by atoms with E-state index in [9.17, 15) is 13.6 Å². The predicted molar refractivity (Wildman–Crippen MR) is 150 cm³/mol. The molecule has 216 valence electrons. The van der Waals surface area contributed by atoms with E-state index in [2.05, 4.69) is 25.5 Å². The number of likely N-dealkylation sites (tertiary alicyclic amines) is 1. The summed E-state index contributed by atoms with van der Waals surface area (Å²) in [5, 5.41) is 10.9. The molecule has 3 atom stereocenters. The lowest BCUT2D eigenvalue weighted by atomic mass is 9.94. The smallest absolute Gasteiger partial charge is 0.320 e. The lowest BCUT2D eigenvalue weighted by molar-refractivity contribution is 0.159. The maximum atomic E-state index is 14.1. The van der Waals surface area contributed by atoms with E-state index >= 15 is 0 Å². The summed E-state index contributed by atoms with van der Waals surface area (Å²) in [6, 6.07) is 3.27. The van der Waals surface area contributed by atoms with Gasteiger partial charge >= 0.3 is 12.0 Å². The molecule has 2 amide bonds. The van der Waals surface area contributed by atoms with Crippen LogP contribution in [0.15, 0.2) is 54.9 Å². The number of hydrogen-bond acceptors (Lipinski definition) is 7. The molecular formula is C29H33F2N7O3. The van der Waals surface area contributed by atoms with Crippen LogP contribution in [0.4, 0.5) is 19.4 Å². The molecule has 2 aliphatic rings. The second-order valence-corrected chi connectivity index (χ2v) is 10.1. The zero-order valence-corrected chi connectivity index (χ0v) is 23.2. The van der Waals surface area contributed by atoms with Crippen molar-refractivity contribution in [3.8, 4) is 17.3 Å². The maximum absolute atomic E-state index is 14.1. The summed E-state index contributed by atoms with van der Waals surface area (Å²) in [6.07, 6.45) is 12.0. The zero-order chi connectivity index (χ0) is 28.9. The van der Waals surface area contributed by atoms with Gasteiger partial charge in [-0.2, -0.15) is 5.10 Å². The number of hydrogen-bond donors (Lipinski definition) is 2. The number of allylic oxidation sites excluding steroid dienone is 4. The number of ether oxygens (including phenoxy) is 2. The Bertz CT molecular complexity index is 1440. The van der Waals surface area contributed by atoms with Crippen LogP contribution in [-0.4, -0.2) is 77.2 Å². The molecule has 1 aliphatic carbocycles. The first-order valence-electron chi connectivity index (χ1n) is 13.4. The van der Waals surface area contributed by atoms with Crippen molar-refractivity contribution < 1.29 is 23.0 Å². The molecule has 2 aromatic heterocycles. The van der Waals surface area contributed by atoms with Gasteiger partial charge < -0.3 is 14.8 Å². The number of nitrogens with zero attached hydrogens (tertiary/aromatic N) is 5. The van der Waals surface area contributed by atoms with Gasteiger partial charge in [0.05, 0.1) is 25.8 Å². The molecule has 2 N–H and O–H groups in total. The standard InChI is InChI=1S/C29H33F2N7O3/c1-18-26(20-14-32-29(41-3)33-15-20)36-38(21-7-5-4-6-8-21)27(18)35-28(39)34-25-17-37(11-12-40-2)16-22(25)19-9-10-23(30)24(31)13-19/h4-7,9-10,13-15,21-22,25H,8,11-12,16-17H2,1-3H3,(H2,34,35,39)/t21?,22-,25+/m0/s1. The van der Waals surface area contributed by atoms with E-state index in [4.69, 9.17) is 14.6 Å². The second-order valence-electron chi connectivity index (χ2n) is 10.1. The molecule has 10 nitrogen and oxygen atoms in total. The van der Waals surface area contributed by atoms with Crippen molar-refractivity contribution in [2.45, 2.75) is 31.3 Å². The van der Waals surface area contributed by atoms with Crippen LogP contribution in [0.5, 0.6) is 6.01 Å². The molecular weight excluding hydrogens is 532 g/mol. The van der Waals surface area contributed by atoms with Crippen LogP contribution >= 0.6 is 0 Å². The third kappa shape index (κ3) is 6.28. The summed E-state index contributed by atoms with van der Waals surface area (Å²) in [4.78, 5) is 24.0. The van der Waals surface area contributed by atoms with Gasteiger partial charge in [-0.05, 0) is 31.0 Å². The highest BCUT2D eigenvalue weighted by Gasteiger charge is 2.35. The highest BCUT2D eigenvalue weighted by molar-refractivity contribution is 5.90. The van der Waals surface area contributed by atoms with Crippen LogP contribution in [-0.2, 0) is 4.74 Å². The lowest BCUT2D eigenvalue weighted by Crippen LogP contribution is -2.42. The number of rotatable bonds is 9. The average Bonchev–Trinajstić information content (AvgIpc) is 3.54. The number of urea groups is 1. The summed E-state index contributed by atoms with van der Waals surface area (Å²) < 4.78 is 39.9. The second kappa shape index (κ2) is 12.6. The number of carbonyl (C=O) groups excluding carboxylic acids is 1. The topological polar surface area (TPSA) is 106 Å². The first-order chi connectivity index (χ1) is 19.9. The summed E-state index contributed by atoms with van der Waals surface area (Å²) in [7, 11) is 3.12. The molecule has 1 unspecified atom stereocenters. The number of carbonyl (C=O) groups is 1. The van der Waals surface area contributed by atoms with E-state index in [0.717, 1.165) is 11.6 Å². The molecule has 0 bridgehead atoms. The van der Waals surface area contributed by atoms with E-state index in [0.29, 0.717) is 55.3 Å². The minimum absolute atomic E-state index is 0.104. The van der Waals surface area contributed by atoms with Gasteiger partial charge in [-0.3, -0.25) is 10.2 Å². The zero-order valence-electron chi connectivity index (χ0n) is 23.2. The number of anilines is 1. The van der Waals surface area contributed by atoms with Crippen molar-refractivity contribution in [3.05, 3.63) is 77.7 Å². The van der Waals surface area contributed by atoms with Gasteiger partial charge in [-0.15, -0.1) is 0 Å². The Morgan fingerprint density at radius 2 is 1.93 bits per heavy atom. The van der Waals surface area contributed by atoms with Gasteiger partial charge in [-0.25, -0.2) is 28.2 Å². The molecule has 41 heavy (non-hydrogen) atoms. The van der Waals surface area contributed by atoms with Crippen LogP contribution in [0.25, 0.3) is 11.3 Å². The van der Waals surface area contributed by atoms with E-state index in [1.165, 1.54) is 13.2 Å². The van der Waals surface area contributed by atoms with Crippen molar-refractivity contribution >= 4 is 11.8 Å². The maximum Gasteiger partial charge on any atom is 0.320 e.